The van der Waals surface area contributed by atoms with Gasteiger partial charge in [-0.3, -0.25) is 9.59 Å². The number of carbonyl (C=O) groups is 2. The third kappa shape index (κ3) is 6.10. The van der Waals surface area contributed by atoms with Crippen LogP contribution < -0.4 is 10.0 Å². The lowest BCUT2D eigenvalue weighted by molar-refractivity contribution is -0.138. The monoisotopic (exact) mass is 384 g/mol. The molecule has 0 aliphatic heterocycles. The van der Waals surface area contributed by atoms with Gasteiger partial charge in [-0.2, -0.15) is 0 Å². The summed E-state index contributed by atoms with van der Waals surface area (Å²) in [6.07, 6.45) is 0.789. The summed E-state index contributed by atoms with van der Waals surface area (Å²) in [6, 6.07) is 5.59. The first-order valence-electron chi connectivity index (χ1n) is 8.69. The van der Waals surface area contributed by atoms with E-state index in [1.807, 2.05) is 27.7 Å². The van der Waals surface area contributed by atoms with Gasteiger partial charge >= 0.3 is 5.97 Å². The SMILES string of the molecule is CCC(CC)(CC(=O)O)NC(=O)c1ccc(S(=O)(=O)NCC(C)C)cc1. The standard InChI is InChI=1S/C18H28N2O5S/c1-5-18(6-2,11-16(21)22)20-17(23)14-7-9-15(10-8-14)26(24,25)19-12-13(3)4/h7-10,13,19H,5-6,11-12H2,1-4H3,(H,20,23)(H,21,22). The average Bonchev–Trinajstić information content (AvgIpc) is 2.59. The van der Waals surface area contributed by atoms with Gasteiger partial charge in [0.05, 0.1) is 16.9 Å². The first-order chi connectivity index (χ1) is 12.0. The second-order valence-corrected chi connectivity index (χ2v) is 8.55. The number of hydrogen-bond acceptors (Lipinski definition) is 4. The van der Waals surface area contributed by atoms with Crippen LogP contribution in [0.15, 0.2) is 29.2 Å². The molecule has 7 nitrogen and oxygen atoms in total. The van der Waals surface area contributed by atoms with Gasteiger partial charge in [-0.1, -0.05) is 27.7 Å². The molecule has 1 rings (SSSR count). The molecule has 1 amide bonds. The minimum absolute atomic E-state index is 0.0810. The maximum Gasteiger partial charge on any atom is 0.305 e. The Morgan fingerprint density at radius 3 is 2.08 bits per heavy atom. The van der Waals surface area contributed by atoms with Crippen molar-refractivity contribution >= 4 is 21.9 Å². The predicted octanol–water partition coefficient (Wildman–Crippen LogP) is 2.38. The van der Waals surface area contributed by atoms with Crippen molar-refractivity contribution in [1.29, 1.82) is 0 Å². The molecule has 0 atom stereocenters. The summed E-state index contributed by atoms with van der Waals surface area (Å²) in [5, 5.41) is 11.9. The van der Waals surface area contributed by atoms with Crippen LogP contribution in [-0.4, -0.2) is 37.5 Å². The fourth-order valence-corrected chi connectivity index (χ4v) is 3.68. The summed E-state index contributed by atoms with van der Waals surface area (Å²) in [7, 11) is -3.62. The summed E-state index contributed by atoms with van der Waals surface area (Å²) in [4.78, 5) is 23.6. The van der Waals surface area contributed by atoms with E-state index >= 15 is 0 Å². The van der Waals surface area contributed by atoms with Gasteiger partial charge in [-0.25, -0.2) is 13.1 Å². The fourth-order valence-electron chi connectivity index (χ4n) is 2.47. The molecule has 0 fully saturated rings. The van der Waals surface area contributed by atoms with Gasteiger partial charge in [0.25, 0.3) is 5.91 Å². The summed E-state index contributed by atoms with van der Waals surface area (Å²) in [5.74, 6) is -1.22. The van der Waals surface area contributed by atoms with Crippen LogP contribution in [0.3, 0.4) is 0 Å². The lowest BCUT2D eigenvalue weighted by Crippen LogP contribution is -2.49. The Labute approximate surface area is 155 Å². The number of carbonyl (C=O) groups excluding carboxylic acids is 1. The molecule has 0 saturated heterocycles. The van der Waals surface area contributed by atoms with Crippen molar-refractivity contribution in [2.24, 2.45) is 5.92 Å². The zero-order chi connectivity index (χ0) is 20.0. The van der Waals surface area contributed by atoms with Crippen LogP contribution in [0, 0.1) is 5.92 Å². The third-order valence-electron chi connectivity index (χ3n) is 4.33. The van der Waals surface area contributed by atoms with E-state index in [0.717, 1.165) is 0 Å². The second kappa shape index (κ2) is 9.14. The smallest absolute Gasteiger partial charge is 0.305 e. The molecule has 26 heavy (non-hydrogen) atoms. The summed E-state index contributed by atoms with van der Waals surface area (Å²) < 4.78 is 26.9. The summed E-state index contributed by atoms with van der Waals surface area (Å²) in [6.45, 7) is 7.78. The molecule has 0 spiro atoms. The van der Waals surface area contributed by atoms with Crippen molar-refractivity contribution < 1.29 is 23.1 Å². The zero-order valence-corrected chi connectivity index (χ0v) is 16.5. The first-order valence-corrected chi connectivity index (χ1v) is 10.2. The molecule has 1 aromatic rings. The van der Waals surface area contributed by atoms with Gasteiger partial charge < -0.3 is 10.4 Å². The van der Waals surface area contributed by atoms with Crippen LogP contribution >= 0.6 is 0 Å². The van der Waals surface area contributed by atoms with Crippen LogP contribution in [0.5, 0.6) is 0 Å². The molecule has 3 N–H and O–H groups in total. The minimum Gasteiger partial charge on any atom is -0.481 e. The summed E-state index contributed by atoms with van der Waals surface area (Å²) >= 11 is 0. The predicted molar refractivity (Wildman–Crippen MR) is 99.5 cm³/mol. The molecule has 8 heteroatoms. The largest absolute Gasteiger partial charge is 0.481 e. The van der Waals surface area contributed by atoms with E-state index in [-0.39, 0.29) is 22.8 Å². The number of benzene rings is 1. The molecule has 0 saturated carbocycles. The van der Waals surface area contributed by atoms with Crippen LogP contribution in [-0.2, 0) is 14.8 Å². The Kier molecular flexibility index (Phi) is 7.77. The van der Waals surface area contributed by atoms with Gasteiger partial charge in [0.1, 0.15) is 0 Å². The molecule has 0 aromatic heterocycles. The van der Waals surface area contributed by atoms with Crippen LogP contribution in [0.1, 0.15) is 57.3 Å². The molecule has 0 radical (unpaired) electrons. The highest BCUT2D eigenvalue weighted by molar-refractivity contribution is 7.89. The van der Waals surface area contributed by atoms with E-state index in [1.54, 1.807) is 0 Å². The van der Waals surface area contributed by atoms with Crippen molar-refractivity contribution in [1.82, 2.24) is 10.0 Å². The molecule has 146 valence electrons. The topological polar surface area (TPSA) is 113 Å². The highest BCUT2D eigenvalue weighted by Gasteiger charge is 2.31. The number of amides is 1. The molecule has 0 aliphatic rings. The van der Waals surface area contributed by atoms with Crippen molar-refractivity contribution in [3.8, 4) is 0 Å². The maximum atomic E-state index is 12.5. The number of sulfonamides is 1. The lowest BCUT2D eigenvalue weighted by atomic mass is 9.88. The van der Waals surface area contributed by atoms with E-state index in [9.17, 15) is 18.0 Å². The maximum absolute atomic E-state index is 12.5. The van der Waals surface area contributed by atoms with Crippen molar-refractivity contribution in [2.45, 2.75) is 57.4 Å². The van der Waals surface area contributed by atoms with E-state index < -0.39 is 27.4 Å². The van der Waals surface area contributed by atoms with Gasteiger partial charge in [-0.05, 0) is 43.0 Å². The van der Waals surface area contributed by atoms with Gasteiger partial charge in [-0.15, -0.1) is 0 Å². The van der Waals surface area contributed by atoms with E-state index in [2.05, 4.69) is 10.0 Å². The van der Waals surface area contributed by atoms with E-state index in [1.165, 1.54) is 24.3 Å². The number of nitrogens with one attached hydrogen (secondary N) is 2. The van der Waals surface area contributed by atoms with Gasteiger partial charge in [0.15, 0.2) is 0 Å². The zero-order valence-electron chi connectivity index (χ0n) is 15.7. The second-order valence-electron chi connectivity index (χ2n) is 6.78. The molecule has 0 bridgehead atoms. The Bertz CT molecular complexity index is 722. The molecule has 1 aromatic carbocycles. The number of carboxylic acid groups (broad SMARTS) is 1. The van der Waals surface area contributed by atoms with Crippen LogP contribution in [0.2, 0.25) is 0 Å². The number of rotatable bonds is 10. The lowest BCUT2D eigenvalue weighted by Gasteiger charge is -2.31. The number of hydrogen-bond donors (Lipinski definition) is 3. The fraction of sp³-hybridized carbons (Fsp3) is 0.556. The normalized spacial score (nSPS) is 12.2. The molecular formula is C18H28N2O5S. The van der Waals surface area contributed by atoms with Crippen molar-refractivity contribution in [3.05, 3.63) is 29.8 Å². The minimum atomic E-state index is -3.62. The molecule has 0 unspecified atom stereocenters. The Hall–Kier alpha value is -1.93. The van der Waals surface area contributed by atoms with Crippen LogP contribution in [0.4, 0.5) is 0 Å². The van der Waals surface area contributed by atoms with E-state index in [4.69, 9.17) is 5.11 Å². The highest BCUT2D eigenvalue weighted by Crippen LogP contribution is 2.21. The van der Waals surface area contributed by atoms with Crippen molar-refractivity contribution in [3.63, 3.8) is 0 Å². The first kappa shape index (κ1) is 22.1. The third-order valence-corrected chi connectivity index (χ3v) is 5.77. The average molecular weight is 384 g/mol. The highest BCUT2D eigenvalue weighted by atomic mass is 32.2. The Morgan fingerprint density at radius 1 is 1.12 bits per heavy atom. The Morgan fingerprint density at radius 2 is 1.65 bits per heavy atom. The van der Waals surface area contributed by atoms with E-state index in [0.29, 0.717) is 19.4 Å². The van der Waals surface area contributed by atoms with Crippen LogP contribution in [0.25, 0.3) is 0 Å². The quantitative estimate of drug-likeness (QED) is 0.573. The van der Waals surface area contributed by atoms with Gasteiger partial charge in [0.2, 0.25) is 10.0 Å². The summed E-state index contributed by atoms with van der Waals surface area (Å²) in [5.41, 5.74) is -0.545. The Balaban J connectivity index is 2.93. The van der Waals surface area contributed by atoms with Crippen molar-refractivity contribution in [2.75, 3.05) is 6.54 Å². The molecule has 0 aliphatic carbocycles. The molecular weight excluding hydrogens is 356 g/mol. The number of carboxylic acids is 1. The van der Waals surface area contributed by atoms with Gasteiger partial charge in [0, 0.05) is 12.1 Å². The molecule has 0 heterocycles. The number of aliphatic carboxylic acids is 1.